The second-order valence-electron chi connectivity index (χ2n) is 16.4. The predicted molar refractivity (Wildman–Crippen MR) is 232 cm³/mol. The molecule has 2 unspecified atom stereocenters. The number of hydrogen-bond acceptors (Lipinski definition) is 19. The maximum absolute atomic E-state index is 12.5. The summed E-state index contributed by atoms with van der Waals surface area (Å²) in [5.74, 6) is 2.64. The van der Waals surface area contributed by atoms with E-state index in [9.17, 15) is 28.8 Å². The van der Waals surface area contributed by atoms with Gasteiger partial charge in [0, 0.05) is 41.6 Å². The van der Waals surface area contributed by atoms with Gasteiger partial charge in [-0.2, -0.15) is 5.26 Å². The first-order valence-electron chi connectivity index (χ1n) is 22.8. The first kappa shape index (κ1) is 52.5. The van der Waals surface area contributed by atoms with E-state index in [0.29, 0.717) is 19.0 Å². The van der Waals surface area contributed by atoms with E-state index in [4.69, 9.17) is 45.5 Å². The number of esters is 6. The molecule has 19 nitrogen and oxygen atoms in total. The van der Waals surface area contributed by atoms with Gasteiger partial charge in [-0.25, -0.2) is 34.1 Å². The Morgan fingerprint density at radius 3 is 1.66 bits per heavy atom. The van der Waals surface area contributed by atoms with Gasteiger partial charge in [-0.1, -0.05) is 5.16 Å². The van der Waals surface area contributed by atoms with E-state index in [0.717, 1.165) is 88.7 Å². The van der Waals surface area contributed by atoms with Crippen LogP contribution >= 0.6 is 11.6 Å². The highest BCUT2D eigenvalue weighted by Crippen LogP contribution is 2.57. The Balaban J connectivity index is 0.000000202. The summed E-state index contributed by atoms with van der Waals surface area (Å²) in [4.78, 5) is 87.6. The van der Waals surface area contributed by atoms with Crippen molar-refractivity contribution in [1.82, 2.24) is 9.96 Å². The lowest BCUT2D eigenvalue weighted by Gasteiger charge is -2.39. The Morgan fingerprint density at radius 2 is 1.17 bits per heavy atom. The standard InChI is InChI=1S/2C15H22N2O5.C8H10O4.C7H10ClN/c1-3-20-11(18)10-15(13(19)21-4-2)17-9-5-6-14(7-8-14)12(17)16-22-15;1-3-20-11(18)10-15(13(19)21-4-2)16-12-14(7-8-14)6-5-9-17(12)22-15;1-3-11-7(9)5-6-8(10)12-4-2;8-5-1-2-7(6-9)3-4-7/h2*3-10H2,1-2H3;3-4H2,1-2H3;1-5H2. The number of carbonyl (C=O) groups excluding carboxylic acids is 6. The van der Waals surface area contributed by atoms with Crippen LogP contribution in [0.3, 0.4) is 0 Å². The molecule has 0 aromatic rings. The zero-order chi connectivity index (χ0) is 47.7. The Morgan fingerprint density at radius 1 is 0.662 bits per heavy atom. The molecule has 2 spiro atoms. The van der Waals surface area contributed by atoms with Gasteiger partial charge in [0.15, 0.2) is 5.84 Å². The Bertz CT molecular complexity index is 1870. The number of amidine groups is 2. The van der Waals surface area contributed by atoms with E-state index < -0.39 is 47.3 Å². The average molecular weight is 934 g/mol. The monoisotopic (exact) mass is 933 g/mol. The maximum atomic E-state index is 12.5. The number of carbonyl (C=O) groups is 6. The van der Waals surface area contributed by atoms with E-state index in [2.05, 4.69) is 25.7 Å². The molecule has 2 saturated heterocycles. The van der Waals surface area contributed by atoms with E-state index >= 15 is 0 Å². The third-order valence-corrected chi connectivity index (χ3v) is 12.0. The second kappa shape index (κ2) is 23.9. The molecule has 0 N–H and O–H groups in total. The second-order valence-corrected chi connectivity index (χ2v) is 16.8. The van der Waals surface area contributed by atoms with Gasteiger partial charge in [0.2, 0.25) is 0 Å². The molecule has 3 aliphatic carbocycles. The fraction of sp³-hybridized carbons (Fsp3) is 0.756. The number of aliphatic imine (C=N–C) groups is 1. The van der Waals surface area contributed by atoms with Crippen LogP contribution in [0, 0.1) is 39.4 Å². The molecule has 0 amide bonds. The summed E-state index contributed by atoms with van der Waals surface area (Å²) in [6.07, 6.45) is 12.0. The number of nitriles is 1. The van der Waals surface area contributed by atoms with Crippen LogP contribution in [0.5, 0.6) is 0 Å². The fourth-order valence-electron chi connectivity index (χ4n) is 7.96. The third kappa shape index (κ3) is 13.5. The van der Waals surface area contributed by atoms with E-state index in [1.54, 1.807) is 46.6 Å². The molecule has 20 heteroatoms. The van der Waals surface area contributed by atoms with Crippen LogP contribution in [-0.4, -0.2) is 128 Å². The molecule has 2 atom stereocenters. The van der Waals surface area contributed by atoms with Crippen molar-refractivity contribution < 1.29 is 66.9 Å². The van der Waals surface area contributed by atoms with Gasteiger partial charge in [0.1, 0.15) is 18.7 Å². The van der Waals surface area contributed by atoms with E-state index in [1.807, 2.05) is 16.7 Å². The van der Waals surface area contributed by atoms with Crippen molar-refractivity contribution in [2.75, 3.05) is 58.6 Å². The molecule has 4 heterocycles. The fourth-order valence-corrected chi connectivity index (χ4v) is 8.10. The largest absolute Gasteiger partial charge is 0.466 e. The Kier molecular flexibility index (Phi) is 19.3. The quantitative estimate of drug-likeness (QED) is 0.0670. The smallest absolute Gasteiger partial charge is 0.384 e. The number of alkyl halides is 1. The number of hydroxylamine groups is 2. The van der Waals surface area contributed by atoms with Crippen molar-refractivity contribution in [1.29, 1.82) is 5.26 Å². The van der Waals surface area contributed by atoms with Crippen LogP contribution in [0.4, 0.5) is 0 Å². The minimum Gasteiger partial charge on any atom is -0.466 e. The Labute approximate surface area is 386 Å². The summed E-state index contributed by atoms with van der Waals surface area (Å²) in [6.45, 7) is 13.0. The lowest BCUT2D eigenvalue weighted by molar-refractivity contribution is -0.215. The van der Waals surface area contributed by atoms with Crippen LogP contribution in [0.1, 0.15) is 131 Å². The minimum absolute atomic E-state index is 0.0428. The number of halogens is 1. The highest BCUT2D eigenvalue weighted by Gasteiger charge is 2.64. The zero-order valence-corrected chi connectivity index (χ0v) is 39.3. The van der Waals surface area contributed by atoms with E-state index in [-0.39, 0.29) is 68.7 Å². The summed E-state index contributed by atoms with van der Waals surface area (Å²) in [7, 11) is 0. The number of piperidine rings is 2. The normalized spacial score (nSPS) is 23.2. The molecule has 4 aliphatic heterocycles. The summed E-state index contributed by atoms with van der Waals surface area (Å²) in [5, 5.41) is 14.5. The molecule has 360 valence electrons. The first-order valence-corrected chi connectivity index (χ1v) is 23.3. The molecule has 7 aliphatic rings. The highest BCUT2D eigenvalue weighted by molar-refractivity contribution is 6.17. The number of nitrogens with zero attached hydrogens (tertiary/aromatic N) is 5. The van der Waals surface area contributed by atoms with Crippen molar-refractivity contribution in [3.8, 4) is 17.9 Å². The predicted octanol–water partition coefficient (Wildman–Crippen LogP) is 5.26. The highest BCUT2D eigenvalue weighted by atomic mass is 35.5. The lowest BCUT2D eigenvalue weighted by Crippen LogP contribution is -2.59. The van der Waals surface area contributed by atoms with Gasteiger partial charge in [-0.3, -0.25) is 9.59 Å². The van der Waals surface area contributed by atoms with Crippen LogP contribution in [0.25, 0.3) is 0 Å². The van der Waals surface area contributed by atoms with Crippen molar-refractivity contribution in [3.05, 3.63) is 0 Å². The van der Waals surface area contributed by atoms with Gasteiger partial charge in [-0.05, 0) is 119 Å². The van der Waals surface area contributed by atoms with Crippen molar-refractivity contribution in [2.45, 2.75) is 143 Å². The summed E-state index contributed by atoms with van der Waals surface area (Å²) in [6, 6.07) is 2.33. The molecule has 0 aromatic heterocycles. The summed E-state index contributed by atoms with van der Waals surface area (Å²) in [5.41, 5.74) is -2.96. The number of oxime groups is 1. The average Bonchev–Trinajstić information content (AvgIpc) is 4.25. The van der Waals surface area contributed by atoms with Gasteiger partial charge < -0.3 is 38.2 Å². The van der Waals surface area contributed by atoms with Crippen molar-refractivity contribution >= 4 is 59.1 Å². The Hall–Kier alpha value is -5.14. The summed E-state index contributed by atoms with van der Waals surface area (Å²) < 4.78 is 29.1. The minimum atomic E-state index is -1.61. The molecule has 3 saturated carbocycles. The molecule has 0 bridgehead atoms. The molecule has 65 heavy (non-hydrogen) atoms. The third-order valence-electron chi connectivity index (χ3n) is 11.7. The van der Waals surface area contributed by atoms with Gasteiger partial charge in [-0.15, -0.1) is 11.6 Å². The molecular weight excluding hydrogens is 870 g/mol. The van der Waals surface area contributed by atoms with Crippen LogP contribution in [-0.2, 0) is 66.9 Å². The molecular formula is C45H64ClN5O14. The lowest BCUT2D eigenvalue weighted by atomic mass is 9.91. The topological polar surface area (TPSA) is 231 Å². The van der Waals surface area contributed by atoms with E-state index in [1.165, 1.54) is 0 Å². The molecule has 7 rings (SSSR count). The van der Waals surface area contributed by atoms with Gasteiger partial charge >= 0.3 is 41.5 Å². The summed E-state index contributed by atoms with van der Waals surface area (Å²) >= 11 is 5.48. The van der Waals surface area contributed by atoms with Crippen LogP contribution in [0.15, 0.2) is 10.1 Å². The maximum Gasteiger partial charge on any atom is 0.384 e. The number of ether oxygens (including phenoxy) is 6. The number of hydrogen-bond donors (Lipinski definition) is 0. The number of rotatable bonds is 15. The SMILES string of the molecule is CCOC(=O)C#CC(=O)OCC.CCOC(=O)CC1(C(=O)OCC)N=C2N(CCCC23CC3)O1.CCOC(=O)CC1(C(=O)OCC)ON=C2N1CCCC21CC1.N#CC1(CCCCl)CC1. The van der Waals surface area contributed by atoms with Crippen molar-refractivity contribution in [2.24, 2.45) is 26.4 Å². The van der Waals surface area contributed by atoms with Gasteiger partial charge in [0.25, 0.3) is 5.72 Å². The molecule has 0 radical (unpaired) electrons. The van der Waals surface area contributed by atoms with Crippen LogP contribution < -0.4 is 0 Å². The zero-order valence-electron chi connectivity index (χ0n) is 38.6. The number of fused-ring (bicyclic) bond motifs is 4. The molecule has 5 fully saturated rings. The van der Waals surface area contributed by atoms with Crippen LogP contribution in [0.2, 0.25) is 0 Å². The first-order chi connectivity index (χ1) is 31.2. The van der Waals surface area contributed by atoms with Crippen molar-refractivity contribution in [3.63, 3.8) is 0 Å². The molecule has 0 aromatic carbocycles. The van der Waals surface area contributed by atoms with Gasteiger partial charge in [0.05, 0.1) is 51.1 Å².